The Balaban J connectivity index is 2.02. The number of halogens is 2. The number of carbonyl (C=O) groups is 2. The van der Waals surface area contributed by atoms with Crippen LogP contribution < -0.4 is 15.5 Å². The van der Waals surface area contributed by atoms with E-state index in [9.17, 15) is 9.59 Å². The van der Waals surface area contributed by atoms with E-state index in [2.05, 4.69) is 31.8 Å². The molecule has 0 bridgehead atoms. The third-order valence-electron chi connectivity index (χ3n) is 4.00. The first-order chi connectivity index (χ1) is 13.8. The van der Waals surface area contributed by atoms with E-state index in [1.54, 1.807) is 24.3 Å². The standard InChI is InChI=1S/C21H23BrClN3O3/c1-4-29-18-10-9-14(11-16(18)22)12-24-26-21(28)19(13(2)3)25-20(27)15-7-5-6-8-17(15)23/h5-13,19H,4H2,1-3H3,(H,25,27)(H,26,28)/b24-12+. The maximum Gasteiger partial charge on any atom is 0.262 e. The van der Waals surface area contributed by atoms with Crippen molar-refractivity contribution in [1.82, 2.24) is 10.7 Å². The second kappa shape index (κ2) is 11.0. The SMILES string of the molecule is CCOc1ccc(/C=N/NC(=O)C(NC(=O)c2ccccc2Cl)C(C)C)cc1Br. The van der Waals surface area contributed by atoms with Gasteiger partial charge in [0.25, 0.3) is 11.8 Å². The van der Waals surface area contributed by atoms with Crippen LogP contribution in [0.5, 0.6) is 5.75 Å². The summed E-state index contributed by atoms with van der Waals surface area (Å²) < 4.78 is 6.26. The molecule has 0 saturated heterocycles. The number of hydrazone groups is 1. The molecule has 0 spiro atoms. The summed E-state index contributed by atoms with van der Waals surface area (Å²) >= 11 is 9.49. The molecule has 0 aromatic heterocycles. The van der Waals surface area contributed by atoms with Crippen LogP contribution in [0.2, 0.25) is 5.02 Å². The van der Waals surface area contributed by atoms with Gasteiger partial charge in [0.1, 0.15) is 11.8 Å². The molecule has 0 saturated carbocycles. The molecule has 2 N–H and O–H groups in total. The fourth-order valence-corrected chi connectivity index (χ4v) is 3.24. The van der Waals surface area contributed by atoms with Gasteiger partial charge in [0.2, 0.25) is 0 Å². The molecule has 0 aliphatic rings. The monoisotopic (exact) mass is 479 g/mol. The Morgan fingerprint density at radius 1 is 1.24 bits per heavy atom. The molecule has 0 heterocycles. The lowest BCUT2D eigenvalue weighted by Gasteiger charge is -2.20. The fraction of sp³-hybridized carbons (Fsp3) is 0.286. The minimum Gasteiger partial charge on any atom is -0.493 e. The second-order valence-electron chi connectivity index (χ2n) is 6.53. The van der Waals surface area contributed by atoms with E-state index in [1.807, 2.05) is 39.0 Å². The van der Waals surface area contributed by atoms with Gasteiger partial charge in [-0.25, -0.2) is 5.43 Å². The van der Waals surface area contributed by atoms with Crippen molar-refractivity contribution in [3.05, 3.63) is 63.1 Å². The molecule has 8 heteroatoms. The van der Waals surface area contributed by atoms with Crippen molar-refractivity contribution in [1.29, 1.82) is 0 Å². The maximum absolute atomic E-state index is 12.5. The number of rotatable bonds is 8. The molecular weight excluding hydrogens is 458 g/mol. The molecular formula is C21H23BrClN3O3. The predicted octanol–water partition coefficient (Wildman–Crippen LogP) is 4.41. The van der Waals surface area contributed by atoms with Crippen LogP contribution in [0, 0.1) is 5.92 Å². The molecule has 2 rings (SSSR count). The zero-order valence-electron chi connectivity index (χ0n) is 16.4. The number of nitrogens with one attached hydrogen (secondary N) is 2. The van der Waals surface area contributed by atoms with Gasteiger partial charge in [-0.05, 0) is 64.7 Å². The lowest BCUT2D eigenvalue weighted by Crippen LogP contribution is -2.48. The zero-order chi connectivity index (χ0) is 21.4. The number of amides is 2. The third kappa shape index (κ3) is 6.58. The normalized spacial score (nSPS) is 12.1. The Morgan fingerprint density at radius 2 is 1.97 bits per heavy atom. The zero-order valence-corrected chi connectivity index (χ0v) is 18.8. The average Bonchev–Trinajstić information content (AvgIpc) is 2.68. The van der Waals surface area contributed by atoms with Crippen molar-refractivity contribution in [2.24, 2.45) is 11.0 Å². The minimum atomic E-state index is -0.761. The highest BCUT2D eigenvalue weighted by atomic mass is 79.9. The van der Waals surface area contributed by atoms with Crippen LogP contribution in [-0.4, -0.2) is 30.7 Å². The summed E-state index contributed by atoms with van der Waals surface area (Å²) in [7, 11) is 0. The molecule has 6 nitrogen and oxygen atoms in total. The van der Waals surface area contributed by atoms with E-state index < -0.39 is 17.9 Å². The molecule has 154 valence electrons. The number of nitrogens with zero attached hydrogens (tertiary/aromatic N) is 1. The van der Waals surface area contributed by atoms with Crippen LogP contribution in [0.1, 0.15) is 36.7 Å². The van der Waals surface area contributed by atoms with Gasteiger partial charge in [-0.3, -0.25) is 9.59 Å². The van der Waals surface area contributed by atoms with E-state index in [4.69, 9.17) is 16.3 Å². The molecule has 2 aromatic rings. The largest absolute Gasteiger partial charge is 0.493 e. The molecule has 1 unspecified atom stereocenters. The van der Waals surface area contributed by atoms with E-state index in [-0.39, 0.29) is 5.92 Å². The molecule has 0 aliphatic heterocycles. The molecule has 1 atom stereocenters. The Morgan fingerprint density at radius 3 is 2.59 bits per heavy atom. The summed E-state index contributed by atoms with van der Waals surface area (Å²) in [5, 5.41) is 7.04. The predicted molar refractivity (Wildman–Crippen MR) is 119 cm³/mol. The second-order valence-corrected chi connectivity index (χ2v) is 7.79. The lowest BCUT2D eigenvalue weighted by molar-refractivity contribution is -0.123. The van der Waals surface area contributed by atoms with Crippen LogP contribution in [0.3, 0.4) is 0 Å². The van der Waals surface area contributed by atoms with Gasteiger partial charge >= 0.3 is 0 Å². The summed E-state index contributed by atoms with van der Waals surface area (Å²) in [4.78, 5) is 25.0. The minimum absolute atomic E-state index is 0.142. The van der Waals surface area contributed by atoms with Gasteiger partial charge in [-0.1, -0.05) is 37.6 Å². The highest BCUT2D eigenvalue weighted by molar-refractivity contribution is 9.10. The number of hydrogen-bond donors (Lipinski definition) is 2. The Hall–Kier alpha value is -2.38. The summed E-state index contributed by atoms with van der Waals surface area (Å²) in [6, 6.07) is 11.4. The van der Waals surface area contributed by atoms with Crippen LogP contribution in [0.4, 0.5) is 0 Å². The topological polar surface area (TPSA) is 79.8 Å². The summed E-state index contributed by atoms with van der Waals surface area (Å²) in [6.45, 7) is 6.15. The van der Waals surface area contributed by atoms with Gasteiger partial charge in [-0.2, -0.15) is 5.10 Å². The third-order valence-corrected chi connectivity index (χ3v) is 4.95. The van der Waals surface area contributed by atoms with E-state index in [0.717, 1.165) is 15.8 Å². The molecule has 29 heavy (non-hydrogen) atoms. The first-order valence-electron chi connectivity index (χ1n) is 9.14. The highest BCUT2D eigenvalue weighted by Crippen LogP contribution is 2.25. The van der Waals surface area contributed by atoms with Gasteiger partial charge in [0, 0.05) is 0 Å². The maximum atomic E-state index is 12.5. The lowest BCUT2D eigenvalue weighted by atomic mass is 10.0. The van der Waals surface area contributed by atoms with Crippen molar-refractivity contribution in [3.8, 4) is 5.75 Å². The molecule has 0 fully saturated rings. The smallest absolute Gasteiger partial charge is 0.262 e. The molecule has 0 aliphatic carbocycles. The first-order valence-corrected chi connectivity index (χ1v) is 10.3. The Labute approximate surface area is 183 Å². The van der Waals surface area contributed by atoms with Gasteiger partial charge in [-0.15, -0.1) is 0 Å². The van der Waals surface area contributed by atoms with Crippen LogP contribution >= 0.6 is 27.5 Å². The number of carbonyl (C=O) groups excluding carboxylic acids is 2. The summed E-state index contributed by atoms with van der Waals surface area (Å²) in [5.41, 5.74) is 3.57. The van der Waals surface area contributed by atoms with Crippen molar-refractivity contribution >= 4 is 45.6 Å². The van der Waals surface area contributed by atoms with Gasteiger partial charge < -0.3 is 10.1 Å². The first kappa shape index (κ1) is 22.9. The summed E-state index contributed by atoms with van der Waals surface area (Å²) in [6.07, 6.45) is 1.52. The fourth-order valence-electron chi connectivity index (χ4n) is 2.51. The Bertz CT molecular complexity index is 902. The van der Waals surface area contributed by atoms with Crippen molar-refractivity contribution in [3.63, 3.8) is 0 Å². The molecule has 2 aromatic carbocycles. The van der Waals surface area contributed by atoms with Crippen LogP contribution in [0.15, 0.2) is 52.0 Å². The van der Waals surface area contributed by atoms with E-state index >= 15 is 0 Å². The average molecular weight is 481 g/mol. The van der Waals surface area contributed by atoms with E-state index in [1.165, 1.54) is 6.21 Å². The molecule has 0 radical (unpaired) electrons. The van der Waals surface area contributed by atoms with Gasteiger partial charge in [0.15, 0.2) is 0 Å². The number of hydrogen-bond acceptors (Lipinski definition) is 4. The quantitative estimate of drug-likeness (QED) is 0.434. The summed E-state index contributed by atoms with van der Waals surface area (Å²) in [5.74, 6) is -0.238. The number of ether oxygens (including phenoxy) is 1. The van der Waals surface area contributed by atoms with Gasteiger partial charge in [0.05, 0.1) is 27.9 Å². The van der Waals surface area contributed by atoms with Crippen LogP contribution in [0.25, 0.3) is 0 Å². The Kier molecular flexibility index (Phi) is 8.67. The molecule has 2 amide bonds. The van der Waals surface area contributed by atoms with Crippen LogP contribution in [-0.2, 0) is 4.79 Å². The number of benzene rings is 2. The van der Waals surface area contributed by atoms with Crippen molar-refractivity contribution in [2.75, 3.05) is 6.61 Å². The van der Waals surface area contributed by atoms with E-state index in [0.29, 0.717) is 17.2 Å². The van der Waals surface area contributed by atoms with Crippen molar-refractivity contribution < 1.29 is 14.3 Å². The highest BCUT2D eigenvalue weighted by Gasteiger charge is 2.25. The van der Waals surface area contributed by atoms with Crippen molar-refractivity contribution in [2.45, 2.75) is 26.8 Å².